The second kappa shape index (κ2) is 5.76. The molecule has 1 atom stereocenters. The van der Waals surface area contributed by atoms with Gasteiger partial charge in [-0.2, -0.15) is 0 Å². The Morgan fingerprint density at radius 2 is 2.29 bits per heavy atom. The summed E-state index contributed by atoms with van der Waals surface area (Å²) in [6, 6.07) is 3.90. The molecule has 1 aromatic carbocycles. The van der Waals surface area contributed by atoms with Crippen LogP contribution < -0.4 is 9.46 Å². The topological polar surface area (TPSA) is 58.6 Å². The van der Waals surface area contributed by atoms with Gasteiger partial charge < -0.3 is 4.74 Å². The van der Waals surface area contributed by atoms with E-state index < -0.39 is 10.0 Å². The maximum absolute atomic E-state index is 11.3. The van der Waals surface area contributed by atoms with Crippen LogP contribution in [0.25, 0.3) is 0 Å². The molecular formula is C14H19ClN2O3S. The number of ether oxygens (including phenoxy) is 1. The molecule has 5 nitrogen and oxygen atoms in total. The van der Waals surface area contributed by atoms with E-state index in [-0.39, 0.29) is 6.04 Å². The Morgan fingerprint density at radius 1 is 1.48 bits per heavy atom. The zero-order valence-electron chi connectivity index (χ0n) is 11.9. The molecular weight excluding hydrogens is 312 g/mol. The van der Waals surface area contributed by atoms with E-state index in [0.29, 0.717) is 13.2 Å². The molecule has 1 N–H and O–H groups in total. The predicted octanol–water partition coefficient (Wildman–Crippen LogP) is 1.40. The lowest BCUT2D eigenvalue weighted by atomic mass is 10.1. The van der Waals surface area contributed by atoms with Crippen molar-refractivity contribution in [2.24, 2.45) is 0 Å². The van der Waals surface area contributed by atoms with Crippen LogP contribution in [0.15, 0.2) is 12.1 Å². The summed E-state index contributed by atoms with van der Waals surface area (Å²) < 4.78 is 30.9. The molecule has 1 fully saturated rings. The number of nitrogens with one attached hydrogen (secondary N) is 1. The van der Waals surface area contributed by atoms with E-state index in [2.05, 4.69) is 9.62 Å². The summed E-state index contributed by atoms with van der Waals surface area (Å²) in [4.78, 5) is 2.23. The quantitative estimate of drug-likeness (QED) is 0.906. The van der Waals surface area contributed by atoms with Crippen molar-refractivity contribution in [1.82, 2.24) is 9.62 Å². The van der Waals surface area contributed by atoms with Crippen LogP contribution in [0.1, 0.15) is 17.5 Å². The van der Waals surface area contributed by atoms with Crippen LogP contribution in [-0.4, -0.2) is 45.3 Å². The highest BCUT2D eigenvalue weighted by molar-refractivity contribution is 7.88. The van der Waals surface area contributed by atoms with Gasteiger partial charge in [0.2, 0.25) is 10.0 Å². The highest BCUT2D eigenvalue weighted by Crippen LogP contribution is 2.34. The standard InChI is InChI=1S/C14H19ClN2O3S/c1-21(18,19)16-13-2-4-17(9-13)8-11-7-12(15)6-10-3-5-20-14(10)11/h6-7,13,16H,2-5,8-9H2,1H3. The van der Waals surface area contributed by atoms with Crippen molar-refractivity contribution in [3.63, 3.8) is 0 Å². The molecule has 1 unspecified atom stereocenters. The minimum Gasteiger partial charge on any atom is -0.493 e. The number of benzene rings is 1. The van der Waals surface area contributed by atoms with Crippen LogP contribution in [0.4, 0.5) is 0 Å². The van der Waals surface area contributed by atoms with Gasteiger partial charge in [0.1, 0.15) is 5.75 Å². The fourth-order valence-corrected chi connectivity index (χ4v) is 4.14. The number of sulfonamides is 1. The smallest absolute Gasteiger partial charge is 0.208 e. The van der Waals surface area contributed by atoms with E-state index in [1.165, 1.54) is 11.8 Å². The van der Waals surface area contributed by atoms with Crippen molar-refractivity contribution in [3.8, 4) is 5.75 Å². The number of fused-ring (bicyclic) bond motifs is 1. The maximum Gasteiger partial charge on any atom is 0.208 e. The SMILES string of the molecule is CS(=O)(=O)NC1CCN(Cc2cc(Cl)cc3c2OCC3)C1. The Balaban J connectivity index is 1.69. The van der Waals surface area contributed by atoms with E-state index in [4.69, 9.17) is 16.3 Å². The predicted molar refractivity (Wildman–Crippen MR) is 82.3 cm³/mol. The van der Waals surface area contributed by atoms with Gasteiger partial charge in [-0.3, -0.25) is 4.90 Å². The molecule has 21 heavy (non-hydrogen) atoms. The minimum atomic E-state index is -3.14. The molecule has 0 aromatic heterocycles. The summed E-state index contributed by atoms with van der Waals surface area (Å²) in [6.07, 6.45) is 2.94. The summed E-state index contributed by atoms with van der Waals surface area (Å²) in [5.41, 5.74) is 2.26. The summed E-state index contributed by atoms with van der Waals surface area (Å²) in [5, 5.41) is 0.735. The lowest BCUT2D eigenvalue weighted by Crippen LogP contribution is -2.36. The summed E-state index contributed by atoms with van der Waals surface area (Å²) in [7, 11) is -3.14. The van der Waals surface area contributed by atoms with E-state index in [9.17, 15) is 8.42 Å². The van der Waals surface area contributed by atoms with E-state index >= 15 is 0 Å². The highest BCUT2D eigenvalue weighted by Gasteiger charge is 2.26. The number of halogens is 1. The molecule has 2 heterocycles. The monoisotopic (exact) mass is 330 g/mol. The number of rotatable bonds is 4. The van der Waals surface area contributed by atoms with Gasteiger partial charge in [-0.05, 0) is 24.1 Å². The Labute approximate surface area is 130 Å². The van der Waals surface area contributed by atoms with Crippen LogP contribution in [-0.2, 0) is 23.0 Å². The first-order chi connectivity index (χ1) is 9.90. The van der Waals surface area contributed by atoms with Crippen molar-refractivity contribution in [3.05, 3.63) is 28.3 Å². The first kappa shape index (κ1) is 15.1. The van der Waals surface area contributed by atoms with Crippen molar-refractivity contribution in [2.75, 3.05) is 26.0 Å². The van der Waals surface area contributed by atoms with Gasteiger partial charge in [0.15, 0.2) is 0 Å². The first-order valence-electron chi connectivity index (χ1n) is 7.04. The molecule has 7 heteroatoms. The van der Waals surface area contributed by atoms with Crippen molar-refractivity contribution >= 4 is 21.6 Å². The molecule has 2 aliphatic rings. The van der Waals surface area contributed by atoms with E-state index in [1.807, 2.05) is 12.1 Å². The van der Waals surface area contributed by atoms with Crippen molar-refractivity contribution in [1.29, 1.82) is 0 Å². The fraction of sp³-hybridized carbons (Fsp3) is 0.571. The maximum atomic E-state index is 11.3. The van der Waals surface area contributed by atoms with Gasteiger partial charge in [-0.1, -0.05) is 11.6 Å². The minimum absolute atomic E-state index is 0.00634. The number of nitrogens with zero attached hydrogens (tertiary/aromatic N) is 1. The van der Waals surface area contributed by atoms with Crippen LogP contribution in [0.5, 0.6) is 5.75 Å². The third-order valence-corrected chi connectivity index (χ3v) is 4.85. The van der Waals surface area contributed by atoms with E-state index in [0.717, 1.165) is 42.3 Å². The number of hydrogen-bond acceptors (Lipinski definition) is 4. The molecule has 3 rings (SSSR count). The molecule has 0 amide bonds. The Morgan fingerprint density at radius 3 is 3.05 bits per heavy atom. The van der Waals surface area contributed by atoms with Crippen LogP contribution >= 0.6 is 11.6 Å². The third kappa shape index (κ3) is 3.69. The molecule has 0 spiro atoms. The highest BCUT2D eigenvalue weighted by atomic mass is 35.5. The van der Waals surface area contributed by atoms with Crippen molar-refractivity contribution in [2.45, 2.75) is 25.4 Å². The molecule has 0 bridgehead atoms. The summed E-state index contributed by atoms with van der Waals surface area (Å²) >= 11 is 6.16. The molecule has 0 aliphatic carbocycles. The Hall–Kier alpha value is -0.820. The van der Waals surface area contributed by atoms with Gasteiger partial charge in [-0.15, -0.1) is 0 Å². The first-order valence-corrected chi connectivity index (χ1v) is 9.31. The normalized spacial score (nSPS) is 22.3. The average molecular weight is 331 g/mol. The number of likely N-dealkylation sites (tertiary alicyclic amines) is 1. The second-order valence-corrected chi connectivity index (χ2v) is 7.98. The van der Waals surface area contributed by atoms with Crippen molar-refractivity contribution < 1.29 is 13.2 Å². The molecule has 0 radical (unpaired) electrons. The van der Waals surface area contributed by atoms with Gasteiger partial charge in [0, 0.05) is 42.7 Å². The molecule has 116 valence electrons. The van der Waals surface area contributed by atoms with Gasteiger partial charge >= 0.3 is 0 Å². The Bertz CT molecular complexity index is 648. The Kier molecular flexibility index (Phi) is 4.14. The largest absolute Gasteiger partial charge is 0.493 e. The second-order valence-electron chi connectivity index (χ2n) is 5.76. The molecule has 1 aromatic rings. The fourth-order valence-electron chi connectivity index (χ4n) is 3.08. The zero-order valence-corrected chi connectivity index (χ0v) is 13.5. The number of hydrogen-bond donors (Lipinski definition) is 1. The lowest BCUT2D eigenvalue weighted by Gasteiger charge is -2.18. The molecule has 2 aliphatic heterocycles. The third-order valence-electron chi connectivity index (χ3n) is 3.87. The van der Waals surface area contributed by atoms with Gasteiger partial charge in [-0.25, -0.2) is 13.1 Å². The summed E-state index contributed by atoms with van der Waals surface area (Å²) in [6.45, 7) is 3.04. The molecule has 1 saturated heterocycles. The van der Waals surface area contributed by atoms with Crippen LogP contribution in [0.2, 0.25) is 5.02 Å². The summed E-state index contributed by atoms with van der Waals surface area (Å²) in [5.74, 6) is 0.957. The molecule has 0 saturated carbocycles. The average Bonchev–Trinajstić information content (AvgIpc) is 2.96. The van der Waals surface area contributed by atoms with Crippen LogP contribution in [0.3, 0.4) is 0 Å². The van der Waals surface area contributed by atoms with Gasteiger partial charge in [0.05, 0.1) is 12.9 Å². The van der Waals surface area contributed by atoms with E-state index in [1.54, 1.807) is 0 Å². The lowest BCUT2D eigenvalue weighted by molar-refractivity contribution is 0.308. The van der Waals surface area contributed by atoms with Crippen LogP contribution in [0, 0.1) is 0 Å². The van der Waals surface area contributed by atoms with Gasteiger partial charge in [0.25, 0.3) is 0 Å². The zero-order chi connectivity index (χ0) is 15.0.